The summed E-state index contributed by atoms with van der Waals surface area (Å²) in [6, 6.07) is 18.8. The summed E-state index contributed by atoms with van der Waals surface area (Å²) in [6.07, 6.45) is -1.13. The van der Waals surface area contributed by atoms with E-state index in [4.69, 9.17) is 14.2 Å². The number of aromatic nitrogens is 2. The van der Waals surface area contributed by atoms with Gasteiger partial charge in [-0.2, -0.15) is 0 Å². The quantitative estimate of drug-likeness (QED) is 0.313. The van der Waals surface area contributed by atoms with Crippen LogP contribution >= 0.6 is 11.3 Å². The van der Waals surface area contributed by atoms with E-state index in [1.807, 2.05) is 51.1 Å². The molecule has 1 N–H and O–H groups in total. The van der Waals surface area contributed by atoms with Crippen molar-refractivity contribution in [2.45, 2.75) is 37.2 Å². The Labute approximate surface area is 243 Å². The van der Waals surface area contributed by atoms with E-state index in [-0.39, 0.29) is 27.7 Å². The Balaban J connectivity index is 1.44. The van der Waals surface area contributed by atoms with Gasteiger partial charge in [-0.3, -0.25) is 14.4 Å². The summed E-state index contributed by atoms with van der Waals surface area (Å²) in [7, 11) is -0.957. The van der Waals surface area contributed by atoms with Crippen molar-refractivity contribution in [1.29, 1.82) is 0 Å². The van der Waals surface area contributed by atoms with E-state index in [0.29, 0.717) is 22.2 Å². The molecule has 2 heterocycles. The van der Waals surface area contributed by atoms with Crippen LogP contribution in [-0.2, 0) is 20.2 Å². The zero-order valence-electron chi connectivity index (χ0n) is 23.2. The average Bonchev–Trinajstić information content (AvgIpc) is 3.44. The standard InChI is InChI=1S/C29H30N4O6S2/c1-29(2,3)19-8-15-24-23(16-19)33(41(35,36)22-13-11-21(38-5)12-14-22)17-25(39-24)26(34)30-28-32-31-27(40-28)18-6-9-20(37-4)10-7-18/h6-16,25H,17H2,1-5H3,(H,30,32,34). The molecule has 0 spiro atoms. The van der Waals surface area contributed by atoms with Crippen molar-refractivity contribution >= 4 is 38.1 Å². The second-order valence-electron chi connectivity index (χ2n) is 10.4. The van der Waals surface area contributed by atoms with Gasteiger partial charge >= 0.3 is 0 Å². The number of nitrogens with zero attached hydrogens (tertiary/aromatic N) is 3. The van der Waals surface area contributed by atoms with Gasteiger partial charge in [0.15, 0.2) is 6.10 Å². The molecule has 0 aliphatic carbocycles. The topological polar surface area (TPSA) is 120 Å². The minimum Gasteiger partial charge on any atom is -0.497 e. The van der Waals surface area contributed by atoms with Crippen molar-refractivity contribution in [3.8, 4) is 27.8 Å². The highest BCUT2D eigenvalue weighted by atomic mass is 32.2. The predicted octanol–water partition coefficient (Wildman–Crippen LogP) is 5.11. The monoisotopic (exact) mass is 594 g/mol. The number of fused-ring (bicyclic) bond motifs is 1. The molecule has 1 aliphatic rings. The van der Waals surface area contributed by atoms with Crippen molar-refractivity contribution in [3.05, 3.63) is 72.3 Å². The van der Waals surface area contributed by atoms with Crippen molar-refractivity contribution in [1.82, 2.24) is 10.2 Å². The van der Waals surface area contributed by atoms with Crippen LogP contribution in [0.25, 0.3) is 10.6 Å². The van der Waals surface area contributed by atoms with Gasteiger partial charge in [-0.25, -0.2) is 8.42 Å². The molecule has 10 nitrogen and oxygen atoms in total. The van der Waals surface area contributed by atoms with Crippen LogP contribution in [0.1, 0.15) is 26.3 Å². The van der Waals surface area contributed by atoms with Gasteiger partial charge in [0.05, 0.1) is 31.3 Å². The fourth-order valence-electron chi connectivity index (χ4n) is 4.27. The molecule has 0 fully saturated rings. The first-order valence-electron chi connectivity index (χ1n) is 12.8. The van der Waals surface area contributed by atoms with Gasteiger partial charge in [-0.15, -0.1) is 10.2 Å². The maximum Gasteiger partial charge on any atom is 0.269 e. The van der Waals surface area contributed by atoms with Crippen LogP contribution in [0, 0.1) is 0 Å². The first kappa shape index (κ1) is 28.4. The van der Waals surface area contributed by atoms with Gasteiger partial charge in [0.25, 0.3) is 15.9 Å². The molecule has 214 valence electrons. The van der Waals surface area contributed by atoms with Crippen LogP contribution in [0.4, 0.5) is 10.8 Å². The highest BCUT2D eigenvalue weighted by Gasteiger charge is 2.38. The summed E-state index contributed by atoms with van der Waals surface area (Å²) >= 11 is 1.19. The van der Waals surface area contributed by atoms with Gasteiger partial charge in [0.1, 0.15) is 22.3 Å². The Morgan fingerprint density at radius 1 is 0.976 bits per heavy atom. The Morgan fingerprint density at radius 2 is 1.61 bits per heavy atom. The number of sulfonamides is 1. The summed E-state index contributed by atoms with van der Waals surface area (Å²) < 4.78 is 45.5. The molecule has 1 amide bonds. The van der Waals surface area contributed by atoms with E-state index in [1.54, 1.807) is 31.4 Å². The molecule has 1 atom stereocenters. The van der Waals surface area contributed by atoms with Crippen LogP contribution in [0.5, 0.6) is 17.2 Å². The number of carbonyl (C=O) groups excluding carboxylic acids is 1. The zero-order valence-corrected chi connectivity index (χ0v) is 24.9. The van der Waals surface area contributed by atoms with Crippen molar-refractivity contribution in [2.24, 2.45) is 0 Å². The highest BCUT2D eigenvalue weighted by Crippen LogP contribution is 2.40. The lowest BCUT2D eigenvalue weighted by Crippen LogP contribution is -2.49. The second-order valence-corrected chi connectivity index (χ2v) is 13.2. The third kappa shape index (κ3) is 5.84. The van der Waals surface area contributed by atoms with Gasteiger partial charge in [-0.05, 0) is 71.6 Å². The molecule has 1 unspecified atom stereocenters. The first-order chi connectivity index (χ1) is 19.5. The molecule has 0 radical (unpaired) electrons. The largest absolute Gasteiger partial charge is 0.497 e. The molecule has 0 bridgehead atoms. The van der Waals surface area contributed by atoms with Crippen LogP contribution in [-0.4, -0.2) is 51.4 Å². The molecule has 0 saturated carbocycles. The molecule has 41 heavy (non-hydrogen) atoms. The van der Waals surface area contributed by atoms with Gasteiger partial charge in [0.2, 0.25) is 5.13 Å². The summed E-state index contributed by atoms with van der Waals surface area (Å²) in [4.78, 5) is 13.4. The van der Waals surface area contributed by atoms with Crippen LogP contribution in [0.2, 0.25) is 0 Å². The van der Waals surface area contributed by atoms with E-state index < -0.39 is 22.0 Å². The number of hydrogen-bond donors (Lipinski definition) is 1. The minimum absolute atomic E-state index is 0.0692. The van der Waals surface area contributed by atoms with E-state index in [0.717, 1.165) is 11.1 Å². The molecular weight excluding hydrogens is 564 g/mol. The van der Waals surface area contributed by atoms with Crippen LogP contribution in [0.3, 0.4) is 0 Å². The number of hydrogen-bond acceptors (Lipinski definition) is 9. The Hall–Kier alpha value is -4.16. The number of nitrogens with one attached hydrogen (secondary N) is 1. The minimum atomic E-state index is -4.06. The number of amides is 1. The smallest absolute Gasteiger partial charge is 0.269 e. The third-order valence-electron chi connectivity index (χ3n) is 6.63. The fraction of sp³-hybridized carbons (Fsp3) is 0.276. The number of benzene rings is 3. The van der Waals surface area contributed by atoms with E-state index in [2.05, 4.69) is 15.5 Å². The summed E-state index contributed by atoms with van der Waals surface area (Å²) in [5.74, 6) is 0.996. The van der Waals surface area contributed by atoms with E-state index >= 15 is 0 Å². The first-order valence-corrected chi connectivity index (χ1v) is 15.0. The number of methoxy groups -OCH3 is 2. The van der Waals surface area contributed by atoms with Crippen LogP contribution in [0.15, 0.2) is 71.6 Å². The predicted molar refractivity (Wildman–Crippen MR) is 158 cm³/mol. The van der Waals surface area contributed by atoms with Crippen molar-refractivity contribution in [3.63, 3.8) is 0 Å². The molecule has 12 heteroatoms. The van der Waals surface area contributed by atoms with Gasteiger partial charge < -0.3 is 14.2 Å². The zero-order chi connectivity index (χ0) is 29.4. The number of ether oxygens (including phenoxy) is 3. The van der Waals surface area contributed by atoms with Crippen molar-refractivity contribution < 1.29 is 27.4 Å². The van der Waals surface area contributed by atoms with E-state index in [1.165, 1.54) is 34.9 Å². The van der Waals surface area contributed by atoms with Gasteiger partial charge in [-0.1, -0.05) is 38.2 Å². The summed E-state index contributed by atoms with van der Waals surface area (Å²) in [6.45, 7) is 5.89. The van der Waals surface area contributed by atoms with Crippen LogP contribution < -0.4 is 23.8 Å². The number of anilines is 2. The lowest BCUT2D eigenvalue weighted by molar-refractivity contribution is -0.122. The molecule has 1 aliphatic heterocycles. The maximum absolute atomic E-state index is 13.9. The molecule has 5 rings (SSSR count). The number of carbonyl (C=O) groups is 1. The second kappa shape index (κ2) is 11.0. The summed E-state index contributed by atoms with van der Waals surface area (Å²) in [5, 5.41) is 11.9. The maximum atomic E-state index is 13.9. The fourth-order valence-corrected chi connectivity index (χ4v) is 6.49. The molecule has 0 saturated heterocycles. The van der Waals surface area contributed by atoms with Crippen molar-refractivity contribution in [2.75, 3.05) is 30.4 Å². The molecule has 3 aromatic carbocycles. The average molecular weight is 595 g/mol. The SMILES string of the molecule is COc1ccc(-c2nnc(NC(=O)C3CN(S(=O)(=O)c4ccc(OC)cc4)c4cc(C(C)(C)C)ccc4O3)s2)cc1. The molecule has 4 aromatic rings. The Bertz CT molecular complexity index is 1660. The summed E-state index contributed by atoms with van der Waals surface area (Å²) in [5.41, 5.74) is 1.88. The lowest BCUT2D eigenvalue weighted by Gasteiger charge is -2.35. The van der Waals surface area contributed by atoms with E-state index in [9.17, 15) is 13.2 Å². The highest BCUT2D eigenvalue weighted by molar-refractivity contribution is 7.92. The number of rotatable bonds is 7. The van der Waals surface area contributed by atoms with Gasteiger partial charge in [0, 0.05) is 5.56 Å². The Morgan fingerprint density at radius 3 is 2.22 bits per heavy atom. The lowest BCUT2D eigenvalue weighted by atomic mass is 9.86. The molecular formula is C29H30N4O6S2. The Kier molecular flexibility index (Phi) is 7.62. The molecule has 1 aromatic heterocycles. The third-order valence-corrected chi connectivity index (χ3v) is 9.31. The normalized spacial score (nSPS) is 15.0.